The average Bonchev–Trinajstić information content (AvgIpc) is 2.34. The highest BCUT2D eigenvalue weighted by Crippen LogP contribution is 2.28. The molecule has 0 bridgehead atoms. The second-order valence-corrected chi connectivity index (χ2v) is 5.02. The fourth-order valence-corrected chi connectivity index (χ4v) is 2.06. The Morgan fingerprint density at radius 2 is 2.00 bits per heavy atom. The van der Waals surface area contributed by atoms with Crippen molar-refractivity contribution in [2.75, 3.05) is 5.73 Å². The van der Waals surface area contributed by atoms with E-state index in [2.05, 4.69) is 9.97 Å². The summed E-state index contributed by atoms with van der Waals surface area (Å²) in [4.78, 5) is 8.62. The second-order valence-electron chi connectivity index (χ2n) is 3.98. The van der Waals surface area contributed by atoms with Gasteiger partial charge in [-0.05, 0) is 49.9 Å². The Hall–Kier alpha value is -1.75. The maximum absolute atomic E-state index is 5.82. The van der Waals surface area contributed by atoms with Gasteiger partial charge in [0.25, 0.3) is 0 Å². The van der Waals surface area contributed by atoms with Gasteiger partial charge in [-0.3, -0.25) is 0 Å². The summed E-state index contributed by atoms with van der Waals surface area (Å²) >= 11 is 1.48. The van der Waals surface area contributed by atoms with Crippen molar-refractivity contribution in [2.24, 2.45) is 0 Å². The largest absolute Gasteiger partial charge is 0.473 e. The number of rotatable bonds is 4. The Morgan fingerprint density at radius 3 is 2.67 bits per heavy atom. The third kappa shape index (κ3) is 3.37. The minimum atomic E-state index is 0.0508. The zero-order valence-electron chi connectivity index (χ0n) is 10.3. The summed E-state index contributed by atoms with van der Waals surface area (Å²) in [7, 11) is 0. The molecular formula is C13H15N3OS. The maximum atomic E-state index is 5.82. The van der Waals surface area contributed by atoms with Crippen LogP contribution in [0, 0.1) is 0 Å². The summed E-state index contributed by atoms with van der Waals surface area (Å²) in [6.07, 6.45) is 1.81. The lowest BCUT2D eigenvalue weighted by molar-refractivity contribution is 0.232. The van der Waals surface area contributed by atoms with E-state index >= 15 is 0 Å². The van der Waals surface area contributed by atoms with Crippen molar-refractivity contribution in [3.05, 3.63) is 36.5 Å². The Morgan fingerprint density at radius 1 is 1.17 bits per heavy atom. The number of nitrogens with zero attached hydrogens (tertiary/aromatic N) is 2. The van der Waals surface area contributed by atoms with Crippen LogP contribution in [-0.2, 0) is 0 Å². The van der Waals surface area contributed by atoms with Crippen LogP contribution in [-0.4, -0.2) is 16.1 Å². The lowest BCUT2D eigenvalue weighted by Crippen LogP contribution is -2.09. The van der Waals surface area contributed by atoms with Crippen LogP contribution in [0.4, 0.5) is 5.69 Å². The van der Waals surface area contributed by atoms with Crippen molar-refractivity contribution >= 4 is 17.4 Å². The first-order valence-electron chi connectivity index (χ1n) is 5.67. The summed E-state index contributed by atoms with van der Waals surface area (Å²) in [5, 5.41) is 1.71. The SMILES string of the molecule is CC(C)Oc1nc(Sc2ccccn2)ccc1N. The van der Waals surface area contributed by atoms with Crippen LogP contribution in [0.3, 0.4) is 0 Å². The number of nitrogens with two attached hydrogens (primary N) is 1. The topological polar surface area (TPSA) is 61.0 Å². The molecule has 5 heteroatoms. The third-order valence-electron chi connectivity index (χ3n) is 2.06. The standard InChI is InChI=1S/C13H15N3OS/c1-9(2)17-13-10(14)6-7-12(16-13)18-11-5-3-4-8-15-11/h3-9H,14H2,1-2H3. The maximum Gasteiger partial charge on any atom is 0.238 e. The van der Waals surface area contributed by atoms with Gasteiger partial charge in [0.2, 0.25) is 5.88 Å². The van der Waals surface area contributed by atoms with Crippen LogP contribution < -0.4 is 10.5 Å². The summed E-state index contributed by atoms with van der Waals surface area (Å²) in [6, 6.07) is 9.43. The van der Waals surface area contributed by atoms with Gasteiger partial charge in [-0.2, -0.15) is 0 Å². The monoisotopic (exact) mass is 261 g/mol. The minimum Gasteiger partial charge on any atom is -0.473 e. The number of aromatic nitrogens is 2. The lowest BCUT2D eigenvalue weighted by atomic mass is 10.4. The van der Waals surface area contributed by atoms with Gasteiger partial charge in [-0.1, -0.05) is 6.07 Å². The van der Waals surface area contributed by atoms with Crippen molar-refractivity contribution < 1.29 is 4.74 Å². The molecule has 2 heterocycles. The van der Waals surface area contributed by atoms with Gasteiger partial charge < -0.3 is 10.5 Å². The first kappa shape index (κ1) is 12.7. The van der Waals surface area contributed by atoms with Gasteiger partial charge in [0.05, 0.1) is 11.8 Å². The van der Waals surface area contributed by atoms with Gasteiger partial charge in [0.1, 0.15) is 10.1 Å². The van der Waals surface area contributed by atoms with E-state index in [9.17, 15) is 0 Å². The summed E-state index contributed by atoms with van der Waals surface area (Å²) in [5.74, 6) is 0.478. The zero-order valence-corrected chi connectivity index (χ0v) is 11.1. The first-order chi connectivity index (χ1) is 8.65. The van der Waals surface area contributed by atoms with Gasteiger partial charge in [0.15, 0.2) is 0 Å². The highest BCUT2D eigenvalue weighted by molar-refractivity contribution is 7.99. The highest BCUT2D eigenvalue weighted by atomic mass is 32.2. The summed E-state index contributed by atoms with van der Waals surface area (Å²) in [6.45, 7) is 3.89. The first-order valence-corrected chi connectivity index (χ1v) is 6.49. The van der Waals surface area contributed by atoms with E-state index in [0.29, 0.717) is 11.6 Å². The van der Waals surface area contributed by atoms with Crippen LogP contribution in [0.25, 0.3) is 0 Å². The number of hydrogen-bond acceptors (Lipinski definition) is 5. The Kier molecular flexibility index (Phi) is 4.04. The van der Waals surface area contributed by atoms with Gasteiger partial charge in [0, 0.05) is 6.20 Å². The van der Waals surface area contributed by atoms with Crippen molar-refractivity contribution in [1.82, 2.24) is 9.97 Å². The smallest absolute Gasteiger partial charge is 0.238 e. The molecule has 0 aliphatic heterocycles. The zero-order chi connectivity index (χ0) is 13.0. The summed E-state index contributed by atoms with van der Waals surface area (Å²) < 4.78 is 5.55. The molecule has 0 unspecified atom stereocenters. The second kappa shape index (κ2) is 5.73. The van der Waals surface area contributed by atoms with Crippen molar-refractivity contribution in [1.29, 1.82) is 0 Å². The van der Waals surface area contributed by atoms with Gasteiger partial charge in [-0.25, -0.2) is 9.97 Å². The molecule has 4 nitrogen and oxygen atoms in total. The fraction of sp³-hybridized carbons (Fsp3) is 0.231. The Balaban J connectivity index is 2.19. The lowest BCUT2D eigenvalue weighted by Gasteiger charge is -2.11. The average molecular weight is 261 g/mol. The molecular weight excluding hydrogens is 246 g/mol. The van der Waals surface area contributed by atoms with E-state index in [1.165, 1.54) is 11.8 Å². The molecule has 94 valence electrons. The Bertz CT molecular complexity index is 517. The Labute approximate surface area is 111 Å². The van der Waals surface area contributed by atoms with Crippen LogP contribution in [0.15, 0.2) is 46.6 Å². The number of ether oxygens (including phenoxy) is 1. The number of nitrogen functional groups attached to an aromatic ring is 1. The van der Waals surface area contributed by atoms with E-state index in [-0.39, 0.29) is 6.10 Å². The molecule has 18 heavy (non-hydrogen) atoms. The molecule has 0 aliphatic rings. The van der Waals surface area contributed by atoms with E-state index in [4.69, 9.17) is 10.5 Å². The molecule has 2 aromatic rings. The van der Waals surface area contributed by atoms with E-state index in [1.54, 1.807) is 12.3 Å². The van der Waals surface area contributed by atoms with Gasteiger partial charge in [-0.15, -0.1) is 0 Å². The molecule has 0 fully saturated rings. The quantitative estimate of drug-likeness (QED) is 0.916. The predicted molar refractivity (Wildman–Crippen MR) is 72.8 cm³/mol. The normalized spacial score (nSPS) is 10.6. The molecule has 0 amide bonds. The summed E-state index contributed by atoms with van der Waals surface area (Å²) in [5.41, 5.74) is 6.37. The molecule has 0 aliphatic carbocycles. The molecule has 0 atom stereocenters. The highest BCUT2D eigenvalue weighted by Gasteiger charge is 2.07. The van der Waals surface area contributed by atoms with Crippen molar-refractivity contribution in [3.8, 4) is 5.88 Å². The fourth-order valence-electron chi connectivity index (χ4n) is 1.32. The predicted octanol–water partition coefficient (Wildman–Crippen LogP) is 3.00. The van der Waals surface area contributed by atoms with Crippen molar-refractivity contribution in [2.45, 2.75) is 30.0 Å². The molecule has 0 radical (unpaired) electrons. The van der Waals surface area contributed by atoms with Gasteiger partial charge >= 0.3 is 0 Å². The molecule has 0 saturated heterocycles. The van der Waals surface area contributed by atoms with Crippen LogP contribution in [0.5, 0.6) is 5.88 Å². The van der Waals surface area contributed by atoms with E-state index < -0.39 is 0 Å². The van der Waals surface area contributed by atoms with Crippen LogP contribution >= 0.6 is 11.8 Å². The molecule has 0 spiro atoms. The van der Waals surface area contributed by atoms with E-state index in [0.717, 1.165) is 10.1 Å². The molecule has 0 aromatic carbocycles. The van der Waals surface area contributed by atoms with Crippen LogP contribution in [0.2, 0.25) is 0 Å². The van der Waals surface area contributed by atoms with Crippen molar-refractivity contribution in [3.63, 3.8) is 0 Å². The van der Waals surface area contributed by atoms with Crippen LogP contribution in [0.1, 0.15) is 13.8 Å². The van der Waals surface area contributed by atoms with E-state index in [1.807, 2.05) is 38.1 Å². The minimum absolute atomic E-state index is 0.0508. The number of hydrogen-bond donors (Lipinski definition) is 1. The number of pyridine rings is 2. The molecule has 2 aromatic heterocycles. The third-order valence-corrected chi connectivity index (χ3v) is 2.95. The number of anilines is 1. The molecule has 2 rings (SSSR count). The molecule has 2 N–H and O–H groups in total. The molecule has 0 saturated carbocycles.